The molecule has 3 nitrogen and oxygen atoms in total. The first kappa shape index (κ1) is 16.5. The number of benzene rings is 2. The van der Waals surface area contributed by atoms with E-state index in [4.69, 9.17) is 0 Å². The van der Waals surface area contributed by atoms with E-state index in [1.165, 1.54) is 17.3 Å². The van der Waals surface area contributed by atoms with Crippen molar-refractivity contribution in [3.63, 3.8) is 0 Å². The lowest BCUT2D eigenvalue weighted by molar-refractivity contribution is -0.123. The zero-order valence-electron chi connectivity index (χ0n) is 14.1. The summed E-state index contributed by atoms with van der Waals surface area (Å²) in [5, 5.41) is 0.737. The highest BCUT2D eigenvalue weighted by Crippen LogP contribution is 2.35. The van der Waals surface area contributed by atoms with Gasteiger partial charge in [0.2, 0.25) is 0 Å². The molecule has 0 aliphatic carbocycles. The fourth-order valence-corrected chi connectivity index (χ4v) is 3.57. The summed E-state index contributed by atoms with van der Waals surface area (Å²) in [5.41, 5.74) is 3.08. The van der Waals surface area contributed by atoms with Crippen LogP contribution in [0, 0.1) is 6.92 Å². The van der Waals surface area contributed by atoms with Crippen LogP contribution in [-0.4, -0.2) is 22.0 Å². The van der Waals surface area contributed by atoms with Crippen molar-refractivity contribution in [2.45, 2.75) is 26.8 Å². The minimum absolute atomic E-state index is 0.0183. The summed E-state index contributed by atoms with van der Waals surface area (Å²) in [6.07, 6.45) is 1.93. The van der Waals surface area contributed by atoms with E-state index in [9.17, 15) is 4.79 Å². The molecule has 4 heteroatoms. The van der Waals surface area contributed by atoms with E-state index in [0.29, 0.717) is 4.91 Å². The Morgan fingerprint density at radius 3 is 2.33 bits per heavy atom. The van der Waals surface area contributed by atoms with Gasteiger partial charge < -0.3 is 0 Å². The molecular weight excluding hydrogens is 316 g/mol. The maximum absolute atomic E-state index is 12.8. The molecule has 1 amide bonds. The normalized spacial score (nSPS) is 18.2. The third-order valence-corrected chi connectivity index (χ3v) is 4.69. The number of carbonyl (C=O) groups is 1. The summed E-state index contributed by atoms with van der Waals surface area (Å²) >= 11 is 1.44. The van der Waals surface area contributed by atoms with Crippen molar-refractivity contribution in [2.75, 3.05) is 0 Å². The van der Waals surface area contributed by atoms with Gasteiger partial charge in [-0.05, 0) is 56.3 Å². The van der Waals surface area contributed by atoms with Gasteiger partial charge in [0.05, 0.1) is 10.6 Å². The van der Waals surface area contributed by atoms with Crippen LogP contribution in [0.3, 0.4) is 0 Å². The average molecular weight is 336 g/mol. The molecule has 2 aromatic rings. The van der Waals surface area contributed by atoms with Gasteiger partial charge in [0.25, 0.3) is 5.91 Å². The highest BCUT2D eigenvalue weighted by Gasteiger charge is 2.35. The Morgan fingerprint density at radius 1 is 1.04 bits per heavy atom. The molecule has 1 aliphatic heterocycles. The van der Waals surface area contributed by atoms with Gasteiger partial charge in [0, 0.05) is 6.04 Å². The van der Waals surface area contributed by atoms with Crippen LogP contribution < -0.4 is 0 Å². The summed E-state index contributed by atoms with van der Waals surface area (Å²) in [5.74, 6) is 0.0183. The molecule has 122 valence electrons. The molecule has 1 heterocycles. The zero-order valence-corrected chi connectivity index (χ0v) is 14.9. The van der Waals surface area contributed by atoms with Crippen LogP contribution >= 0.6 is 11.8 Å². The first-order chi connectivity index (χ1) is 11.5. The summed E-state index contributed by atoms with van der Waals surface area (Å²) in [6.45, 7) is 6.06. The number of aliphatic imine (C=N–C) groups is 1. The van der Waals surface area contributed by atoms with Crippen LogP contribution in [0.15, 0.2) is 64.5 Å². The molecule has 1 fully saturated rings. The molecule has 0 bridgehead atoms. The van der Waals surface area contributed by atoms with Crippen molar-refractivity contribution >= 4 is 34.6 Å². The van der Waals surface area contributed by atoms with Gasteiger partial charge >= 0.3 is 0 Å². The molecular formula is C20H20N2OS. The topological polar surface area (TPSA) is 32.7 Å². The van der Waals surface area contributed by atoms with Crippen LogP contribution in [0.4, 0.5) is 5.69 Å². The Labute approximate surface area is 147 Å². The number of nitrogens with zero attached hydrogens (tertiary/aromatic N) is 2. The summed E-state index contributed by atoms with van der Waals surface area (Å²) in [7, 11) is 0. The van der Waals surface area contributed by atoms with Crippen LogP contribution in [0.25, 0.3) is 6.08 Å². The summed E-state index contributed by atoms with van der Waals surface area (Å²) < 4.78 is 0. The van der Waals surface area contributed by atoms with Gasteiger partial charge in [-0.2, -0.15) is 0 Å². The molecule has 0 radical (unpaired) electrons. The van der Waals surface area contributed by atoms with Crippen LogP contribution in [0.1, 0.15) is 25.0 Å². The molecule has 0 unspecified atom stereocenters. The van der Waals surface area contributed by atoms with E-state index in [2.05, 4.69) is 4.99 Å². The SMILES string of the molecule is Cc1ccc(N=C2S/C(=C/c3ccccc3)C(=O)N2C(C)C)cc1. The Balaban J connectivity index is 1.96. The Kier molecular flexibility index (Phi) is 4.86. The molecule has 1 saturated heterocycles. The maximum Gasteiger partial charge on any atom is 0.266 e. The highest BCUT2D eigenvalue weighted by molar-refractivity contribution is 8.18. The van der Waals surface area contributed by atoms with Crippen LogP contribution in [0.2, 0.25) is 0 Å². The second-order valence-electron chi connectivity index (χ2n) is 6.02. The van der Waals surface area contributed by atoms with Gasteiger partial charge in [-0.25, -0.2) is 4.99 Å². The monoisotopic (exact) mass is 336 g/mol. The van der Waals surface area contributed by atoms with Crippen molar-refractivity contribution in [3.8, 4) is 0 Å². The molecule has 0 N–H and O–H groups in total. The molecule has 3 rings (SSSR count). The predicted octanol–water partition coefficient (Wildman–Crippen LogP) is 5.01. The maximum atomic E-state index is 12.8. The third kappa shape index (κ3) is 3.60. The van der Waals surface area contributed by atoms with Crippen molar-refractivity contribution in [1.82, 2.24) is 4.90 Å². The molecule has 0 aromatic heterocycles. The van der Waals surface area contributed by atoms with E-state index >= 15 is 0 Å². The fourth-order valence-electron chi connectivity index (χ4n) is 2.45. The molecule has 1 aliphatic rings. The Bertz CT molecular complexity index is 792. The number of hydrogen-bond donors (Lipinski definition) is 0. The van der Waals surface area contributed by atoms with E-state index < -0.39 is 0 Å². The number of amidine groups is 1. The number of rotatable bonds is 3. The van der Waals surface area contributed by atoms with Crippen LogP contribution in [-0.2, 0) is 4.79 Å². The fraction of sp³-hybridized carbons (Fsp3) is 0.200. The standard InChI is InChI=1S/C20H20N2OS/c1-14(2)22-19(23)18(13-16-7-5-4-6-8-16)24-20(22)21-17-11-9-15(3)10-12-17/h4-14H,1-3H3/b18-13+,21-20?. The lowest BCUT2D eigenvalue weighted by Crippen LogP contribution is -2.35. The third-order valence-electron chi connectivity index (χ3n) is 3.71. The van der Waals surface area contributed by atoms with Gasteiger partial charge in [0.1, 0.15) is 0 Å². The van der Waals surface area contributed by atoms with Crippen LogP contribution in [0.5, 0.6) is 0 Å². The smallest absolute Gasteiger partial charge is 0.266 e. The van der Waals surface area contributed by atoms with E-state index in [1.54, 1.807) is 4.90 Å². The van der Waals surface area contributed by atoms with Crippen molar-refractivity contribution in [2.24, 2.45) is 4.99 Å². The molecule has 2 aromatic carbocycles. The van der Waals surface area contributed by atoms with Crippen molar-refractivity contribution in [3.05, 3.63) is 70.6 Å². The number of amides is 1. The van der Waals surface area contributed by atoms with Gasteiger partial charge in [-0.1, -0.05) is 48.0 Å². The molecule has 24 heavy (non-hydrogen) atoms. The number of hydrogen-bond acceptors (Lipinski definition) is 3. The Morgan fingerprint density at radius 2 is 1.71 bits per heavy atom. The van der Waals surface area contributed by atoms with Gasteiger partial charge in [-0.15, -0.1) is 0 Å². The van der Waals surface area contributed by atoms with Crippen molar-refractivity contribution < 1.29 is 4.79 Å². The van der Waals surface area contributed by atoms with Gasteiger partial charge in [0.15, 0.2) is 5.17 Å². The lowest BCUT2D eigenvalue weighted by Gasteiger charge is -2.19. The van der Waals surface area contributed by atoms with Gasteiger partial charge in [-0.3, -0.25) is 9.69 Å². The first-order valence-electron chi connectivity index (χ1n) is 7.98. The quantitative estimate of drug-likeness (QED) is 0.738. The number of carbonyl (C=O) groups excluding carboxylic acids is 1. The minimum Gasteiger partial charge on any atom is -0.284 e. The largest absolute Gasteiger partial charge is 0.284 e. The van der Waals surface area contributed by atoms with E-state index in [1.807, 2.05) is 81.4 Å². The molecule has 0 saturated carbocycles. The first-order valence-corrected chi connectivity index (χ1v) is 8.80. The second kappa shape index (κ2) is 7.05. The average Bonchev–Trinajstić information content (AvgIpc) is 2.86. The predicted molar refractivity (Wildman–Crippen MR) is 102 cm³/mol. The van der Waals surface area contributed by atoms with E-state index in [-0.39, 0.29) is 11.9 Å². The number of thioether (sulfide) groups is 1. The highest BCUT2D eigenvalue weighted by atomic mass is 32.2. The Hall–Kier alpha value is -2.33. The van der Waals surface area contributed by atoms with Crippen molar-refractivity contribution in [1.29, 1.82) is 0 Å². The second-order valence-corrected chi connectivity index (χ2v) is 7.03. The molecule has 0 atom stereocenters. The van der Waals surface area contributed by atoms with E-state index in [0.717, 1.165) is 16.4 Å². The summed E-state index contributed by atoms with van der Waals surface area (Å²) in [6, 6.07) is 18.0. The molecule has 0 spiro atoms. The summed E-state index contributed by atoms with van der Waals surface area (Å²) in [4.78, 5) is 19.9. The minimum atomic E-state index is 0.0183. The number of aryl methyl sites for hydroxylation is 1. The zero-order chi connectivity index (χ0) is 17.1. The lowest BCUT2D eigenvalue weighted by atomic mass is 10.2.